The highest BCUT2D eigenvalue weighted by molar-refractivity contribution is 7.99. The highest BCUT2D eigenvalue weighted by Gasteiger charge is 2.16. The van der Waals surface area contributed by atoms with Crippen LogP contribution in [0.2, 0.25) is 0 Å². The molecule has 0 aliphatic rings. The lowest BCUT2D eigenvalue weighted by molar-refractivity contribution is -0.113. The molecule has 2 heterocycles. The van der Waals surface area contributed by atoms with Crippen LogP contribution in [0.5, 0.6) is 0 Å². The van der Waals surface area contributed by atoms with Crippen LogP contribution in [0.3, 0.4) is 0 Å². The van der Waals surface area contributed by atoms with Gasteiger partial charge in [-0.25, -0.2) is 0 Å². The van der Waals surface area contributed by atoms with Crippen molar-refractivity contribution in [1.29, 1.82) is 0 Å². The van der Waals surface area contributed by atoms with E-state index in [1.165, 1.54) is 23.0 Å². The van der Waals surface area contributed by atoms with Crippen molar-refractivity contribution in [3.8, 4) is 0 Å². The van der Waals surface area contributed by atoms with Crippen molar-refractivity contribution in [2.75, 3.05) is 11.1 Å². The Morgan fingerprint density at radius 1 is 1.00 bits per heavy atom. The summed E-state index contributed by atoms with van der Waals surface area (Å²) in [6.45, 7) is 2.79. The van der Waals surface area contributed by atoms with Gasteiger partial charge in [-0.15, -0.1) is 10.2 Å². The van der Waals surface area contributed by atoms with Crippen LogP contribution in [0, 0.1) is 6.92 Å². The van der Waals surface area contributed by atoms with E-state index in [1.807, 2.05) is 56.6 Å². The second-order valence-electron chi connectivity index (χ2n) is 7.78. The van der Waals surface area contributed by atoms with E-state index in [2.05, 4.69) is 55.0 Å². The molecule has 0 bridgehead atoms. The SMILES string of the molecule is Cc1ccc(NC(=O)CSc2nnc(Cc3cccn3C)n2CCc2ccccc2)cc1. The van der Waals surface area contributed by atoms with E-state index < -0.39 is 0 Å². The van der Waals surface area contributed by atoms with Crippen LogP contribution in [-0.4, -0.2) is 31.0 Å². The summed E-state index contributed by atoms with van der Waals surface area (Å²) in [6, 6.07) is 22.3. The maximum absolute atomic E-state index is 12.5. The average Bonchev–Trinajstić information content (AvgIpc) is 3.39. The number of rotatable bonds is 9. The van der Waals surface area contributed by atoms with Crippen LogP contribution in [0.25, 0.3) is 0 Å². The van der Waals surface area contributed by atoms with Crippen LogP contribution in [0.4, 0.5) is 5.69 Å². The largest absolute Gasteiger partial charge is 0.354 e. The van der Waals surface area contributed by atoms with Gasteiger partial charge in [0.15, 0.2) is 5.16 Å². The molecule has 0 atom stereocenters. The van der Waals surface area contributed by atoms with E-state index in [1.54, 1.807) is 0 Å². The first-order chi connectivity index (χ1) is 15.6. The molecule has 0 spiro atoms. The summed E-state index contributed by atoms with van der Waals surface area (Å²) >= 11 is 1.42. The van der Waals surface area contributed by atoms with E-state index >= 15 is 0 Å². The van der Waals surface area contributed by atoms with Crippen molar-refractivity contribution in [2.45, 2.75) is 31.5 Å². The second-order valence-corrected chi connectivity index (χ2v) is 8.72. The minimum absolute atomic E-state index is 0.0551. The Morgan fingerprint density at radius 2 is 1.78 bits per heavy atom. The molecule has 0 aliphatic carbocycles. The smallest absolute Gasteiger partial charge is 0.234 e. The molecule has 0 radical (unpaired) electrons. The van der Waals surface area contributed by atoms with Crippen molar-refractivity contribution in [1.82, 2.24) is 19.3 Å². The molecule has 7 heteroatoms. The van der Waals surface area contributed by atoms with Gasteiger partial charge in [0.2, 0.25) is 5.91 Å². The number of benzene rings is 2. The van der Waals surface area contributed by atoms with Crippen molar-refractivity contribution in [3.05, 3.63) is 95.6 Å². The van der Waals surface area contributed by atoms with Crippen LogP contribution in [0.15, 0.2) is 78.1 Å². The first-order valence-corrected chi connectivity index (χ1v) is 11.6. The van der Waals surface area contributed by atoms with Crippen molar-refractivity contribution in [2.24, 2.45) is 7.05 Å². The van der Waals surface area contributed by atoms with Gasteiger partial charge >= 0.3 is 0 Å². The van der Waals surface area contributed by atoms with Crippen LogP contribution < -0.4 is 5.32 Å². The van der Waals surface area contributed by atoms with Gasteiger partial charge in [0.05, 0.1) is 5.75 Å². The van der Waals surface area contributed by atoms with Crippen molar-refractivity contribution < 1.29 is 4.79 Å². The van der Waals surface area contributed by atoms with E-state index in [-0.39, 0.29) is 11.7 Å². The van der Waals surface area contributed by atoms with E-state index in [9.17, 15) is 4.79 Å². The van der Waals surface area contributed by atoms with E-state index in [0.717, 1.165) is 35.2 Å². The molecule has 0 saturated carbocycles. The zero-order valence-corrected chi connectivity index (χ0v) is 19.2. The number of carbonyl (C=O) groups excluding carboxylic acids is 1. The molecule has 164 valence electrons. The molecule has 2 aromatic heterocycles. The Labute approximate surface area is 192 Å². The Morgan fingerprint density at radius 3 is 2.50 bits per heavy atom. The molecule has 32 heavy (non-hydrogen) atoms. The first-order valence-electron chi connectivity index (χ1n) is 10.6. The van der Waals surface area contributed by atoms with Crippen LogP contribution in [-0.2, 0) is 31.2 Å². The number of amides is 1. The van der Waals surface area contributed by atoms with E-state index in [4.69, 9.17) is 0 Å². The summed E-state index contributed by atoms with van der Waals surface area (Å²) in [5.74, 6) is 1.13. The number of nitrogens with zero attached hydrogens (tertiary/aromatic N) is 4. The Balaban J connectivity index is 1.46. The minimum Gasteiger partial charge on any atom is -0.354 e. The molecule has 0 unspecified atom stereocenters. The molecule has 1 amide bonds. The predicted octanol–water partition coefficient (Wildman–Crippen LogP) is 4.49. The van der Waals surface area contributed by atoms with Crippen molar-refractivity contribution in [3.63, 3.8) is 0 Å². The maximum Gasteiger partial charge on any atom is 0.234 e. The maximum atomic E-state index is 12.5. The van der Waals surface area contributed by atoms with Gasteiger partial charge < -0.3 is 14.5 Å². The number of thioether (sulfide) groups is 1. The predicted molar refractivity (Wildman–Crippen MR) is 129 cm³/mol. The zero-order chi connectivity index (χ0) is 22.3. The molecular weight excluding hydrogens is 418 g/mol. The van der Waals surface area contributed by atoms with Gasteiger partial charge in [-0.05, 0) is 43.2 Å². The second kappa shape index (κ2) is 10.3. The Bertz CT molecular complexity index is 1160. The van der Waals surface area contributed by atoms with Crippen LogP contribution >= 0.6 is 11.8 Å². The molecule has 6 nitrogen and oxygen atoms in total. The molecular formula is C25H27N5OS. The fraction of sp³-hybridized carbons (Fsp3) is 0.240. The lowest BCUT2D eigenvalue weighted by Gasteiger charge is -2.11. The van der Waals surface area contributed by atoms with Crippen LogP contribution in [0.1, 0.15) is 22.6 Å². The molecule has 4 rings (SSSR count). The fourth-order valence-electron chi connectivity index (χ4n) is 3.47. The molecule has 4 aromatic rings. The highest BCUT2D eigenvalue weighted by atomic mass is 32.2. The number of anilines is 1. The summed E-state index contributed by atoms with van der Waals surface area (Å²) < 4.78 is 4.24. The third kappa shape index (κ3) is 5.68. The van der Waals surface area contributed by atoms with Gasteiger partial charge in [-0.1, -0.05) is 59.8 Å². The van der Waals surface area contributed by atoms with Gasteiger partial charge in [0.1, 0.15) is 5.82 Å². The highest BCUT2D eigenvalue weighted by Crippen LogP contribution is 2.20. The van der Waals surface area contributed by atoms with Gasteiger partial charge in [0.25, 0.3) is 0 Å². The van der Waals surface area contributed by atoms with Crippen molar-refractivity contribution >= 4 is 23.4 Å². The standard InChI is InChI=1S/C25H27N5OS/c1-19-10-12-21(13-11-19)26-24(31)18-32-25-28-27-23(17-22-9-6-15-29(22)2)30(25)16-14-20-7-4-3-5-8-20/h3-13,15H,14,16-18H2,1-2H3,(H,26,31). The molecule has 2 aromatic carbocycles. The first kappa shape index (κ1) is 21.9. The zero-order valence-electron chi connectivity index (χ0n) is 18.4. The molecule has 0 saturated heterocycles. The lowest BCUT2D eigenvalue weighted by atomic mass is 10.1. The monoisotopic (exact) mass is 445 g/mol. The van der Waals surface area contributed by atoms with Gasteiger partial charge in [0, 0.05) is 37.6 Å². The van der Waals surface area contributed by atoms with Gasteiger partial charge in [-0.2, -0.15) is 0 Å². The summed E-state index contributed by atoms with van der Waals surface area (Å²) in [5.41, 5.74) is 4.40. The number of nitrogens with one attached hydrogen (secondary N) is 1. The lowest BCUT2D eigenvalue weighted by Crippen LogP contribution is -2.15. The fourth-order valence-corrected chi connectivity index (χ4v) is 4.26. The normalized spacial score (nSPS) is 10.9. The number of hydrogen-bond acceptors (Lipinski definition) is 4. The molecule has 1 N–H and O–H groups in total. The third-order valence-corrected chi connectivity index (χ3v) is 6.29. The quantitative estimate of drug-likeness (QED) is 0.386. The average molecular weight is 446 g/mol. The summed E-state index contributed by atoms with van der Waals surface area (Å²) in [7, 11) is 2.03. The number of carbonyl (C=O) groups is 1. The van der Waals surface area contributed by atoms with Gasteiger partial charge in [-0.3, -0.25) is 4.79 Å². The summed E-state index contributed by atoms with van der Waals surface area (Å²) in [6.07, 6.45) is 3.61. The topological polar surface area (TPSA) is 64.7 Å². The number of aromatic nitrogens is 4. The number of aryl methyl sites for hydroxylation is 3. The third-order valence-electron chi connectivity index (χ3n) is 5.32. The van der Waals surface area contributed by atoms with E-state index in [0.29, 0.717) is 6.42 Å². The summed E-state index contributed by atoms with van der Waals surface area (Å²) in [4.78, 5) is 12.5. The summed E-state index contributed by atoms with van der Waals surface area (Å²) in [5, 5.41) is 12.6. The number of hydrogen-bond donors (Lipinski definition) is 1. The minimum atomic E-state index is -0.0551. The Hall–Kier alpha value is -3.32. The molecule has 0 fully saturated rings. The molecule has 0 aliphatic heterocycles. The Kier molecular flexibility index (Phi) is 7.07.